The van der Waals surface area contributed by atoms with Crippen LogP contribution in [0.15, 0.2) is 29.1 Å². The fourth-order valence-corrected chi connectivity index (χ4v) is 4.42. The molecule has 8 heteroatoms. The zero-order chi connectivity index (χ0) is 22.9. The number of carbonyl (C=O) groups is 2. The van der Waals surface area contributed by atoms with Gasteiger partial charge >= 0.3 is 5.69 Å². The van der Waals surface area contributed by atoms with Crippen molar-refractivity contribution < 1.29 is 9.59 Å². The Morgan fingerprint density at radius 2 is 1.88 bits per heavy atom. The van der Waals surface area contributed by atoms with Gasteiger partial charge in [-0.25, -0.2) is 4.79 Å². The minimum atomic E-state index is -0.0183. The largest absolute Gasteiger partial charge is 0.343 e. The van der Waals surface area contributed by atoms with Crippen LogP contribution in [0.3, 0.4) is 0 Å². The van der Waals surface area contributed by atoms with Crippen molar-refractivity contribution in [2.45, 2.75) is 58.4 Å². The van der Waals surface area contributed by atoms with Gasteiger partial charge in [-0.05, 0) is 57.8 Å². The van der Waals surface area contributed by atoms with Crippen LogP contribution in [0.1, 0.15) is 58.4 Å². The first-order valence-corrected chi connectivity index (χ1v) is 12.0. The second-order valence-corrected chi connectivity index (χ2v) is 8.63. The highest BCUT2D eigenvalue weighted by atomic mass is 16.2. The second-order valence-electron chi connectivity index (χ2n) is 8.63. The number of aromatic amines is 1. The highest BCUT2D eigenvalue weighted by molar-refractivity contribution is 5.80. The molecule has 0 spiro atoms. The first-order chi connectivity index (χ1) is 15.5. The Bertz CT molecular complexity index is 945. The number of nitrogens with zero attached hydrogens (tertiary/aromatic N) is 3. The number of hydrogen-bond donors (Lipinski definition) is 2. The summed E-state index contributed by atoms with van der Waals surface area (Å²) in [6.45, 7) is 9.35. The molecule has 2 amide bonds. The van der Waals surface area contributed by atoms with E-state index in [2.05, 4.69) is 24.1 Å². The highest BCUT2D eigenvalue weighted by Gasteiger charge is 2.23. The summed E-state index contributed by atoms with van der Waals surface area (Å²) in [4.78, 5) is 41.5. The molecule has 3 heterocycles. The van der Waals surface area contributed by atoms with E-state index >= 15 is 0 Å². The normalized spacial score (nSPS) is 17.0. The molecule has 2 saturated heterocycles. The van der Waals surface area contributed by atoms with Crippen molar-refractivity contribution in [1.29, 1.82) is 0 Å². The van der Waals surface area contributed by atoms with E-state index in [1.165, 1.54) is 0 Å². The Morgan fingerprint density at radius 3 is 2.56 bits per heavy atom. The Labute approximate surface area is 190 Å². The van der Waals surface area contributed by atoms with Gasteiger partial charge in [-0.2, -0.15) is 0 Å². The molecule has 176 valence electrons. The van der Waals surface area contributed by atoms with Gasteiger partial charge in [-0.1, -0.05) is 19.1 Å². The maximum Gasteiger partial charge on any atom is 0.326 e. The van der Waals surface area contributed by atoms with Gasteiger partial charge in [0.2, 0.25) is 11.8 Å². The van der Waals surface area contributed by atoms with Crippen LogP contribution >= 0.6 is 0 Å². The number of amides is 2. The van der Waals surface area contributed by atoms with Crippen molar-refractivity contribution in [3.63, 3.8) is 0 Å². The molecular weight excluding hydrogens is 406 g/mol. The summed E-state index contributed by atoms with van der Waals surface area (Å²) in [7, 11) is 0. The third-order valence-corrected chi connectivity index (χ3v) is 6.28. The highest BCUT2D eigenvalue weighted by Crippen LogP contribution is 2.16. The van der Waals surface area contributed by atoms with E-state index < -0.39 is 0 Å². The van der Waals surface area contributed by atoms with Gasteiger partial charge in [0.1, 0.15) is 0 Å². The number of nitrogens with one attached hydrogen (secondary N) is 2. The number of hydrogen-bond acceptors (Lipinski definition) is 4. The van der Waals surface area contributed by atoms with E-state index in [9.17, 15) is 14.4 Å². The monoisotopic (exact) mass is 443 g/mol. The lowest BCUT2D eigenvalue weighted by Crippen LogP contribution is -2.33. The summed E-state index contributed by atoms with van der Waals surface area (Å²) in [5.74, 6) is 0.427. The Morgan fingerprint density at radius 1 is 1.12 bits per heavy atom. The Hall–Kier alpha value is -2.61. The number of fused-ring (bicyclic) bond motifs is 1. The van der Waals surface area contributed by atoms with E-state index in [-0.39, 0.29) is 23.5 Å². The van der Waals surface area contributed by atoms with Crippen molar-refractivity contribution in [2.24, 2.45) is 0 Å². The van der Waals surface area contributed by atoms with Crippen LogP contribution in [0.2, 0.25) is 0 Å². The van der Waals surface area contributed by atoms with Gasteiger partial charge in [0.25, 0.3) is 0 Å². The summed E-state index contributed by atoms with van der Waals surface area (Å²) >= 11 is 0. The first-order valence-electron chi connectivity index (χ1n) is 12.0. The lowest BCUT2D eigenvalue weighted by Gasteiger charge is -2.19. The molecule has 0 saturated carbocycles. The zero-order valence-corrected chi connectivity index (χ0v) is 19.4. The van der Waals surface area contributed by atoms with E-state index in [4.69, 9.17) is 0 Å². The zero-order valence-electron chi connectivity index (χ0n) is 19.4. The third kappa shape index (κ3) is 6.22. The van der Waals surface area contributed by atoms with Crippen LogP contribution in [0.25, 0.3) is 11.0 Å². The fourth-order valence-electron chi connectivity index (χ4n) is 4.42. The van der Waals surface area contributed by atoms with E-state index in [0.717, 1.165) is 69.4 Å². The average molecular weight is 444 g/mol. The van der Waals surface area contributed by atoms with Gasteiger partial charge < -0.3 is 20.1 Å². The molecule has 1 atom stereocenters. The molecule has 2 aliphatic heterocycles. The molecule has 8 nitrogen and oxygen atoms in total. The molecule has 0 radical (unpaired) electrons. The maximum absolute atomic E-state index is 11.9. The van der Waals surface area contributed by atoms with Gasteiger partial charge in [0.15, 0.2) is 0 Å². The first kappa shape index (κ1) is 24.0. The number of aromatic nitrogens is 2. The molecule has 1 aromatic heterocycles. The fraction of sp³-hybridized carbons (Fsp3) is 0.625. The predicted octanol–water partition coefficient (Wildman–Crippen LogP) is 2.51. The average Bonchev–Trinajstić information content (AvgIpc) is 3.52. The number of para-hydroxylation sites is 2. The van der Waals surface area contributed by atoms with Crippen molar-refractivity contribution in [2.75, 3.05) is 39.3 Å². The molecule has 1 unspecified atom stereocenters. The summed E-state index contributed by atoms with van der Waals surface area (Å²) in [6.07, 6.45) is 5.35. The van der Waals surface area contributed by atoms with Crippen molar-refractivity contribution >= 4 is 22.8 Å². The Balaban J connectivity index is 0.000000182. The Kier molecular flexibility index (Phi) is 8.90. The lowest BCUT2D eigenvalue weighted by atomic mass is 10.2. The molecule has 32 heavy (non-hydrogen) atoms. The van der Waals surface area contributed by atoms with Crippen LogP contribution in [-0.2, 0) is 9.59 Å². The molecule has 0 aliphatic carbocycles. The van der Waals surface area contributed by atoms with E-state index in [1.807, 2.05) is 38.6 Å². The number of rotatable bonds is 8. The van der Waals surface area contributed by atoms with Crippen LogP contribution in [0, 0.1) is 0 Å². The molecule has 0 bridgehead atoms. The third-order valence-electron chi connectivity index (χ3n) is 6.28. The summed E-state index contributed by atoms with van der Waals surface area (Å²) < 4.78 is 1.84. The van der Waals surface area contributed by atoms with Gasteiger partial charge in [0, 0.05) is 45.1 Å². The van der Waals surface area contributed by atoms with Crippen LogP contribution in [0.5, 0.6) is 0 Å². The maximum atomic E-state index is 11.9. The summed E-state index contributed by atoms with van der Waals surface area (Å²) in [5.41, 5.74) is 1.88. The van der Waals surface area contributed by atoms with Gasteiger partial charge in [0.05, 0.1) is 11.0 Å². The number of imidazole rings is 1. The second kappa shape index (κ2) is 11.9. The standard InChI is InChI=1S/C13H19N3O.C11H18N2O2/c1-3-14-9-8-10(2)16-12-7-5-4-6-11(12)15-13(16)17;14-10-4-3-8-13(10)9-5-11(15)12-6-1-2-7-12/h4-7,10,14H,3,8-9H2,1-2H3,(H,15,17);1-9H2. The molecule has 1 aromatic carbocycles. The predicted molar refractivity (Wildman–Crippen MR) is 127 cm³/mol. The van der Waals surface area contributed by atoms with E-state index in [1.54, 1.807) is 0 Å². The van der Waals surface area contributed by atoms with Gasteiger partial charge in [-0.15, -0.1) is 0 Å². The van der Waals surface area contributed by atoms with Crippen LogP contribution in [-0.4, -0.2) is 70.4 Å². The minimum absolute atomic E-state index is 0.0183. The van der Waals surface area contributed by atoms with Crippen molar-refractivity contribution in [1.82, 2.24) is 24.7 Å². The number of carbonyl (C=O) groups excluding carboxylic acids is 2. The van der Waals surface area contributed by atoms with E-state index in [0.29, 0.717) is 19.4 Å². The SMILES string of the molecule is CCNCCC(C)n1c(=O)[nH]c2ccccc21.O=C(CCN1CCCC1=O)N1CCCC1. The quantitative estimate of drug-likeness (QED) is 0.614. The summed E-state index contributed by atoms with van der Waals surface area (Å²) in [6, 6.07) is 8.02. The van der Waals surface area contributed by atoms with Crippen molar-refractivity contribution in [3.8, 4) is 0 Å². The number of H-pyrrole nitrogens is 1. The lowest BCUT2D eigenvalue weighted by molar-refractivity contribution is -0.132. The number of benzene rings is 1. The van der Waals surface area contributed by atoms with Crippen molar-refractivity contribution in [3.05, 3.63) is 34.7 Å². The van der Waals surface area contributed by atoms with Crippen LogP contribution in [0.4, 0.5) is 0 Å². The minimum Gasteiger partial charge on any atom is -0.343 e. The molecule has 2 aliphatic rings. The molecule has 2 aromatic rings. The topological polar surface area (TPSA) is 90.4 Å². The molecule has 2 N–H and O–H groups in total. The summed E-state index contributed by atoms with van der Waals surface area (Å²) in [5, 5.41) is 3.28. The number of likely N-dealkylation sites (tertiary alicyclic amines) is 2. The van der Waals surface area contributed by atoms with Gasteiger partial charge in [-0.3, -0.25) is 14.2 Å². The molecule has 2 fully saturated rings. The molecular formula is C24H37N5O3. The molecule has 4 rings (SSSR count). The smallest absolute Gasteiger partial charge is 0.326 e. The van der Waals surface area contributed by atoms with Crippen LogP contribution < -0.4 is 11.0 Å².